The molecule has 0 bridgehead atoms. The van der Waals surface area contributed by atoms with Gasteiger partial charge in [-0.1, -0.05) is 13.0 Å². The van der Waals surface area contributed by atoms with Gasteiger partial charge in [-0.15, -0.1) is 11.3 Å². The van der Waals surface area contributed by atoms with Crippen LogP contribution in [0.5, 0.6) is 0 Å². The Hall–Kier alpha value is -1.88. The van der Waals surface area contributed by atoms with E-state index in [0.29, 0.717) is 11.3 Å². The van der Waals surface area contributed by atoms with Crippen molar-refractivity contribution in [1.29, 1.82) is 0 Å². The molecule has 0 aliphatic carbocycles. The van der Waals surface area contributed by atoms with E-state index in [0.717, 1.165) is 17.1 Å². The lowest BCUT2D eigenvalue weighted by Gasteiger charge is -2.11. The summed E-state index contributed by atoms with van der Waals surface area (Å²) in [5.41, 5.74) is 7.72. The average molecular weight is 275 g/mol. The first-order chi connectivity index (χ1) is 9.10. The number of nitrogens with zero attached hydrogens (tertiary/aromatic N) is 1. The number of amides is 1. The van der Waals surface area contributed by atoms with Crippen molar-refractivity contribution in [3.05, 3.63) is 45.9 Å². The number of thiazole rings is 1. The number of carbonyl (C=O) groups is 1. The molecule has 4 nitrogen and oxygen atoms in total. The molecular formula is C14H17N3OS. The van der Waals surface area contributed by atoms with E-state index < -0.39 is 0 Å². The first-order valence-electron chi connectivity index (χ1n) is 6.21. The van der Waals surface area contributed by atoms with E-state index in [9.17, 15) is 4.79 Å². The van der Waals surface area contributed by atoms with Crippen molar-refractivity contribution in [1.82, 2.24) is 10.3 Å². The largest absolute Gasteiger partial charge is 0.399 e. The molecule has 1 amide bonds. The van der Waals surface area contributed by atoms with Gasteiger partial charge in [0.05, 0.1) is 16.7 Å². The number of hydrogen-bond acceptors (Lipinski definition) is 4. The van der Waals surface area contributed by atoms with Gasteiger partial charge in [-0.05, 0) is 31.5 Å². The summed E-state index contributed by atoms with van der Waals surface area (Å²) in [6, 6.07) is 6.84. The standard InChI is InChI=1S/C14H17N3OS/c1-3-13-17-12(8-19-13)9(2)16-14(18)10-5-4-6-11(15)7-10/h4-9H,3,15H2,1-2H3,(H,16,18). The second-order valence-corrected chi connectivity index (χ2v) is 5.28. The van der Waals surface area contributed by atoms with E-state index in [1.54, 1.807) is 35.6 Å². The Balaban J connectivity index is 2.06. The fraction of sp³-hybridized carbons (Fsp3) is 0.286. The number of rotatable bonds is 4. The second-order valence-electron chi connectivity index (χ2n) is 4.34. The van der Waals surface area contributed by atoms with Gasteiger partial charge in [0.15, 0.2) is 0 Å². The number of carbonyl (C=O) groups excluding carboxylic acids is 1. The van der Waals surface area contributed by atoms with Crippen LogP contribution >= 0.6 is 11.3 Å². The minimum atomic E-state index is -0.133. The zero-order valence-electron chi connectivity index (χ0n) is 11.0. The van der Waals surface area contributed by atoms with Gasteiger partial charge in [0, 0.05) is 16.6 Å². The Bertz CT molecular complexity index is 580. The predicted molar refractivity (Wildman–Crippen MR) is 78.2 cm³/mol. The zero-order chi connectivity index (χ0) is 13.8. The van der Waals surface area contributed by atoms with Crippen LogP contribution in [0.4, 0.5) is 5.69 Å². The molecule has 100 valence electrons. The Kier molecular flexibility index (Phi) is 4.16. The second kappa shape index (κ2) is 5.84. The summed E-state index contributed by atoms with van der Waals surface area (Å²) in [5, 5.41) is 6.00. The smallest absolute Gasteiger partial charge is 0.251 e. The van der Waals surface area contributed by atoms with Crippen molar-refractivity contribution in [2.75, 3.05) is 5.73 Å². The molecule has 2 rings (SSSR count). The van der Waals surface area contributed by atoms with Crippen LogP contribution in [0.3, 0.4) is 0 Å². The first-order valence-corrected chi connectivity index (χ1v) is 7.08. The number of hydrogen-bond donors (Lipinski definition) is 2. The highest BCUT2D eigenvalue weighted by molar-refractivity contribution is 7.09. The van der Waals surface area contributed by atoms with Crippen molar-refractivity contribution in [3.8, 4) is 0 Å². The quantitative estimate of drug-likeness (QED) is 0.843. The van der Waals surface area contributed by atoms with Crippen LogP contribution in [0.1, 0.15) is 40.9 Å². The van der Waals surface area contributed by atoms with Crippen LogP contribution in [0.2, 0.25) is 0 Å². The lowest BCUT2D eigenvalue weighted by atomic mass is 10.1. The summed E-state index contributed by atoms with van der Waals surface area (Å²) in [7, 11) is 0. The predicted octanol–water partition coefficient (Wildman–Crippen LogP) is 2.78. The number of nitrogens with one attached hydrogen (secondary N) is 1. The van der Waals surface area contributed by atoms with Crippen molar-refractivity contribution < 1.29 is 4.79 Å². The molecule has 0 saturated carbocycles. The van der Waals surface area contributed by atoms with Gasteiger partial charge in [0.25, 0.3) is 5.91 Å². The maximum absolute atomic E-state index is 12.1. The third-order valence-corrected chi connectivity index (χ3v) is 3.82. The van der Waals surface area contributed by atoms with Crippen LogP contribution in [0.15, 0.2) is 29.6 Å². The van der Waals surface area contributed by atoms with Gasteiger partial charge in [0.2, 0.25) is 0 Å². The molecule has 0 saturated heterocycles. The van der Waals surface area contributed by atoms with Crippen LogP contribution in [0.25, 0.3) is 0 Å². The SMILES string of the molecule is CCc1nc(C(C)NC(=O)c2cccc(N)c2)cs1. The lowest BCUT2D eigenvalue weighted by Crippen LogP contribution is -2.26. The Morgan fingerprint density at radius 2 is 2.32 bits per heavy atom. The molecule has 19 heavy (non-hydrogen) atoms. The molecule has 0 aliphatic rings. The van der Waals surface area contributed by atoms with E-state index >= 15 is 0 Å². The van der Waals surface area contributed by atoms with Crippen LogP contribution in [-0.2, 0) is 6.42 Å². The lowest BCUT2D eigenvalue weighted by molar-refractivity contribution is 0.0939. The summed E-state index contributed by atoms with van der Waals surface area (Å²) in [6.45, 7) is 4.00. The van der Waals surface area contributed by atoms with Crippen LogP contribution in [-0.4, -0.2) is 10.9 Å². The minimum Gasteiger partial charge on any atom is -0.399 e. The van der Waals surface area contributed by atoms with Crippen LogP contribution in [0, 0.1) is 0 Å². The van der Waals surface area contributed by atoms with E-state index in [1.807, 2.05) is 12.3 Å². The van der Waals surface area contributed by atoms with E-state index in [2.05, 4.69) is 17.2 Å². The van der Waals surface area contributed by atoms with E-state index in [1.165, 1.54) is 0 Å². The van der Waals surface area contributed by atoms with Crippen molar-refractivity contribution in [2.45, 2.75) is 26.3 Å². The monoisotopic (exact) mass is 275 g/mol. The molecule has 2 aromatic rings. The Labute approximate surface area is 116 Å². The fourth-order valence-corrected chi connectivity index (χ4v) is 2.56. The first kappa shape index (κ1) is 13.5. The van der Waals surface area contributed by atoms with Gasteiger partial charge < -0.3 is 11.1 Å². The minimum absolute atomic E-state index is 0.106. The maximum Gasteiger partial charge on any atom is 0.251 e. The Morgan fingerprint density at radius 1 is 1.53 bits per heavy atom. The molecule has 0 spiro atoms. The van der Waals surface area contributed by atoms with Crippen molar-refractivity contribution in [3.63, 3.8) is 0 Å². The summed E-state index contributed by atoms with van der Waals surface area (Å²) >= 11 is 1.62. The third-order valence-electron chi connectivity index (χ3n) is 2.81. The average Bonchev–Trinajstić information content (AvgIpc) is 2.87. The molecule has 0 fully saturated rings. The fourth-order valence-electron chi connectivity index (χ4n) is 1.72. The molecule has 1 heterocycles. The molecule has 5 heteroatoms. The number of aryl methyl sites for hydroxylation is 1. The third kappa shape index (κ3) is 3.32. The summed E-state index contributed by atoms with van der Waals surface area (Å²) < 4.78 is 0. The highest BCUT2D eigenvalue weighted by atomic mass is 32.1. The van der Waals surface area contributed by atoms with Gasteiger partial charge in [0.1, 0.15) is 0 Å². The normalized spacial score (nSPS) is 12.1. The molecule has 1 aromatic carbocycles. The topological polar surface area (TPSA) is 68.0 Å². The number of aromatic nitrogens is 1. The van der Waals surface area contributed by atoms with Crippen LogP contribution < -0.4 is 11.1 Å². The van der Waals surface area contributed by atoms with Gasteiger partial charge in [-0.2, -0.15) is 0 Å². The van der Waals surface area contributed by atoms with Crippen molar-refractivity contribution >= 4 is 22.9 Å². The summed E-state index contributed by atoms with van der Waals surface area (Å²) in [6.07, 6.45) is 0.917. The molecule has 1 unspecified atom stereocenters. The number of benzene rings is 1. The van der Waals surface area contributed by atoms with Crippen molar-refractivity contribution in [2.24, 2.45) is 0 Å². The Morgan fingerprint density at radius 3 is 2.95 bits per heavy atom. The number of nitrogen functional groups attached to an aromatic ring is 1. The number of nitrogens with two attached hydrogens (primary N) is 1. The molecule has 1 atom stereocenters. The zero-order valence-corrected chi connectivity index (χ0v) is 11.8. The summed E-state index contributed by atoms with van der Waals surface area (Å²) in [4.78, 5) is 16.5. The number of anilines is 1. The molecule has 0 radical (unpaired) electrons. The van der Waals surface area contributed by atoms with Gasteiger partial charge in [-0.25, -0.2) is 4.98 Å². The molecule has 1 aromatic heterocycles. The summed E-state index contributed by atoms with van der Waals surface area (Å²) in [5.74, 6) is -0.133. The molecular weight excluding hydrogens is 258 g/mol. The van der Waals surface area contributed by atoms with Gasteiger partial charge >= 0.3 is 0 Å². The van der Waals surface area contributed by atoms with E-state index in [-0.39, 0.29) is 11.9 Å². The molecule has 3 N–H and O–H groups in total. The highest BCUT2D eigenvalue weighted by Crippen LogP contribution is 2.17. The van der Waals surface area contributed by atoms with Gasteiger partial charge in [-0.3, -0.25) is 4.79 Å². The highest BCUT2D eigenvalue weighted by Gasteiger charge is 2.14. The molecule has 0 aliphatic heterocycles. The van der Waals surface area contributed by atoms with E-state index in [4.69, 9.17) is 5.73 Å². The maximum atomic E-state index is 12.1.